The quantitative estimate of drug-likeness (QED) is 0.753. The largest absolute Gasteiger partial charge is 0.396 e. The molecule has 0 bridgehead atoms. The molecular formula is C15H20N4O2. The van der Waals surface area contributed by atoms with Gasteiger partial charge in [-0.2, -0.15) is 5.10 Å². The van der Waals surface area contributed by atoms with E-state index in [9.17, 15) is 4.79 Å². The summed E-state index contributed by atoms with van der Waals surface area (Å²) in [7, 11) is 0. The molecule has 0 spiro atoms. The van der Waals surface area contributed by atoms with Gasteiger partial charge >= 0.3 is 0 Å². The van der Waals surface area contributed by atoms with Gasteiger partial charge in [-0.1, -0.05) is 26.0 Å². The van der Waals surface area contributed by atoms with E-state index in [1.54, 1.807) is 12.1 Å². The van der Waals surface area contributed by atoms with Crippen LogP contribution >= 0.6 is 0 Å². The van der Waals surface area contributed by atoms with Gasteiger partial charge in [0.1, 0.15) is 6.33 Å². The number of H-pyrrole nitrogens is 1. The van der Waals surface area contributed by atoms with Gasteiger partial charge in [0.2, 0.25) is 0 Å². The van der Waals surface area contributed by atoms with Crippen LogP contribution in [0.1, 0.15) is 30.6 Å². The highest BCUT2D eigenvalue weighted by atomic mass is 16.3. The zero-order valence-corrected chi connectivity index (χ0v) is 12.3. The standard InChI is InChI=1S/C15H20N4O2/c1-15(2,6-7-20)9-16-14(21)12-5-3-4-11(8-12)13-17-10-18-19-13/h3-5,8,10,20H,6-7,9H2,1-2H3,(H,16,21)(H,17,18,19). The smallest absolute Gasteiger partial charge is 0.251 e. The van der Waals surface area contributed by atoms with Crippen LogP contribution in [0.3, 0.4) is 0 Å². The molecule has 6 heteroatoms. The van der Waals surface area contributed by atoms with Crippen molar-refractivity contribution in [2.45, 2.75) is 20.3 Å². The van der Waals surface area contributed by atoms with Crippen molar-refractivity contribution in [3.63, 3.8) is 0 Å². The Bertz CT molecular complexity index is 593. The second kappa shape index (κ2) is 6.49. The third-order valence-electron chi connectivity index (χ3n) is 3.33. The van der Waals surface area contributed by atoms with E-state index in [1.165, 1.54) is 6.33 Å². The molecule has 0 aliphatic carbocycles. The Labute approximate surface area is 123 Å². The predicted molar refractivity (Wildman–Crippen MR) is 79.6 cm³/mol. The average Bonchev–Trinajstić information content (AvgIpc) is 2.99. The fourth-order valence-corrected chi connectivity index (χ4v) is 1.96. The fraction of sp³-hybridized carbons (Fsp3) is 0.400. The number of carbonyl (C=O) groups excluding carboxylic acids is 1. The molecule has 0 atom stereocenters. The lowest BCUT2D eigenvalue weighted by molar-refractivity contribution is 0.0928. The van der Waals surface area contributed by atoms with E-state index in [0.717, 1.165) is 5.56 Å². The molecule has 6 nitrogen and oxygen atoms in total. The SMILES string of the molecule is CC(C)(CCO)CNC(=O)c1cccc(-c2ncn[nH]2)c1. The number of benzene rings is 1. The summed E-state index contributed by atoms with van der Waals surface area (Å²) in [5.74, 6) is 0.493. The normalized spacial score (nSPS) is 11.4. The summed E-state index contributed by atoms with van der Waals surface area (Å²) in [4.78, 5) is 16.3. The lowest BCUT2D eigenvalue weighted by Gasteiger charge is -2.23. The summed E-state index contributed by atoms with van der Waals surface area (Å²) in [5, 5.41) is 18.5. The molecule has 3 N–H and O–H groups in total. The molecule has 1 amide bonds. The van der Waals surface area contributed by atoms with Gasteiger partial charge < -0.3 is 10.4 Å². The van der Waals surface area contributed by atoms with Gasteiger partial charge in [0, 0.05) is 24.3 Å². The number of hydrogen-bond donors (Lipinski definition) is 3. The van der Waals surface area contributed by atoms with Gasteiger partial charge in [0.15, 0.2) is 5.82 Å². The van der Waals surface area contributed by atoms with E-state index in [4.69, 9.17) is 5.11 Å². The highest BCUT2D eigenvalue weighted by molar-refractivity contribution is 5.95. The third-order valence-corrected chi connectivity index (χ3v) is 3.33. The second-order valence-corrected chi connectivity index (χ2v) is 5.74. The van der Waals surface area contributed by atoms with Gasteiger partial charge in [0.05, 0.1) is 0 Å². The van der Waals surface area contributed by atoms with Crippen LogP contribution in [0.15, 0.2) is 30.6 Å². The summed E-state index contributed by atoms with van der Waals surface area (Å²) in [6, 6.07) is 7.21. The molecule has 2 aromatic rings. The Kier molecular flexibility index (Phi) is 4.70. The van der Waals surface area contributed by atoms with Crippen LogP contribution in [-0.4, -0.2) is 39.3 Å². The van der Waals surface area contributed by atoms with Gasteiger partial charge in [-0.25, -0.2) is 4.98 Å². The molecule has 0 aliphatic heterocycles. The van der Waals surface area contributed by atoms with E-state index < -0.39 is 0 Å². The highest BCUT2D eigenvalue weighted by Crippen LogP contribution is 2.19. The maximum Gasteiger partial charge on any atom is 0.251 e. The molecule has 0 aliphatic rings. The van der Waals surface area contributed by atoms with Crippen molar-refractivity contribution in [3.8, 4) is 11.4 Å². The number of rotatable bonds is 6. The van der Waals surface area contributed by atoms with E-state index in [-0.39, 0.29) is 17.9 Å². The Hall–Kier alpha value is -2.21. The van der Waals surface area contributed by atoms with Crippen LogP contribution in [0.4, 0.5) is 0 Å². The number of hydrogen-bond acceptors (Lipinski definition) is 4. The second-order valence-electron chi connectivity index (χ2n) is 5.74. The number of aliphatic hydroxyl groups excluding tert-OH is 1. The zero-order chi connectivity index (χ0) is 15.3. The van der Waals surface area contributed by atoms with Crippen LogP contribution in [0.5, 0.6) is 0 Å². The lowest BCUT2D eigenvalue weighted by atomic mass is 9.89. The molecular weight excluding hydrogens is 268 g/mol. The molecule has 0 fully saturated rings. The fourth-order valence-electron chi connectivity index (χ4n) is 1.96. The Balaban J connectivity index is 2.05. The maximum atomic E-state index is 12.2. The van der Waals surface area contributed by atoms with E-state index in [0.29, 0.717) is 24.4 Å². The Morgan fingerprint density at radius 1 is 1.43 bits per heavy atom. The highest BCUT2D eigenvalue weighted by Gasteiger charge is 2.18. The summed E-state index contributed by atoms with van der Waals surface area (Å²) in [6.45, 7) is 4.64. The van der Waals surface area contributed by atoms with Crippen LogP contribution in [0, 0.1) is 5.41 Å². The number of carbonyl (C=O) groups is 1. The van der Waals surface area contributed by atoms with Crippen LogP contribution in [0.2, 0.25) is 0 Å². The van der Waals surface area contributed by atoms with E-state index in [2.05, 4.69) is 20.5 Å². The molecule has 0 radical (unpaired) electrons. The number of aromatic amines is 1. The zero-order valence-electron chi connectivity index (χ0n) is 12.3. The van der Waals surface area contributed by atoms with E-state index in [1.807, 2.05) is 26.0 Å². The number of aliphatic hydroxyl groups is 1. The summed E-state index contributed by atoms with van der Waals surface area (Å²) >= 11 is 0. The Morgan fingerprint density at radius 3 is 2.90 bits per heavy atom. The molecule has 0 saturated carbocycles. The summed E-state index contributed by atoms with van der Waals surface area (Å²) in [6.07, 6.45) is 2.07. The van der Waals surface area contributed by atoms with Crippen molar-refractivity contribution in [2.24, 2.45) is 5.41 Å². The monoisotopic (exact) mass is 288 g/mol. The topological polar surface area (TPSA) is 90.9 Å². The van der Waals surface area contributed by atoms with Crippen molar-refractivity contribution in [1.82, 2.24) is 20.5 Å². The molecule has 1 heterocycles. The predicted octanol–water partition coefficient (Wildman–Crippen LogP) is 1.61. The number of amides is 1. The van der Waals surface area contributed by atoms with Crippen LogP contribution in [-0.2, 0) is 0 Å². The van der Waals surface area contributed by atoms with Gasteiger partial charge in [-0.05, 0) is 24.0 Å². The molecule has 1 aromatic carbocycles. The summed E-state index contributed by atoms with van der Waals surface area (Å²) < 4.78 is 0. The van der Waals surface area contributed by atoms with Crippen LogP contribution < -0.4 is 5.32 Å². The van der Waals surface area contributed by atoms with Crippen LogP contribution in [0.25, 0.3) is 11.4 Å². The van der Waals surface area contributed by atoms with Crippen molar-refractivity contribution >= 4 is 5.91 Å². The minimum atomic E-state index is -0.137. The Morgan fingerprint density at radius 2 is 2.24 bits per heavy atom. The molecule has 112 valence electrons. The lowest BCUT2D eigenvalue weighted by Crippen LogP contribution is -2.34. The number of nitrogens with zero attached hydrogens (tertiary/aromatic N) is 2. The van der Waals surface area contributed by atoms with Gasteiger partial charge in [-0.3, -0.25) is 9.89 Å². The molecule has 2 rings (SSSR count). The van der Waals surface area contributed by atoms with Gasteiger partial charge in [-0.15, -0.1) is 0 Å². The maximum absolute atomic E-state index is 12.2. The van der Waals surface area contributed by atoms with Crippen molar-refractivity contribution in [1.29, 1.82) is 0 Å². The minimum absolute atomic E-state index is 0.115. The average molecular weight is 288 g/mol. The molecule has 21 heavy (non-hydrogen) atoms. The first-order valence-corrected chi connectivity index (χ1v) is 6.87. The van der Waals surface area contributed by atoms with E-state index >= 15 is 0 Å². The van der Waals surface area contributed by atoms with Crippen molar-refractivity contribution in [2.75, 3.05) is 13.2 Å². The van der Waals surface area contributed by atoms with Gasteiger partial charge in [0.25, 0.3) is 5.91 Å². The molecule has 1 aromatic heterocycles. The first-order valence-electron chi connectivity index (χ1n) is 6.87. The number of nitrogens with one attached hydrogen (secondary N) is 2. The first kappa shape index (κ1) is 15.2. The number of aromatic nitrogens is 3. The van der Waals surface area contributed by atoms with Crippen molar-refractivity contribution < 1.29 is 9.90 Å². The van der Waals surface area contributed by atoms with Crippen molar-refractivity contribution in [3.05, 3.63) is 36.2 Å². The molecule has 0 unspecified atom stereocenters. The summed E-state index contributed by atoms with van der Waals surface area (Å²) in [5.41, 5.74) is 1.26. The molecule has 0 saturated heterocycles. The first-order chi connectivity index (χ1) is 10.0. The minimum Gasteiger partial charge on any atom is -0.396 e. The third kappa shape index (κ3) is 4.13.